The molecule has 2 aromatic carbocycles. The Hall–Kier alpha value is -1.76. The lowest BCUT2D eigenvalue weighted by Crippen LogP contribution is -2.54. The van der Waals surface area contributed by atoms with E-state index in [9.17, 15) is 31.4 Å². The maximum absolute atomic E-state index is 13.0. The third-order valence-corrected chi connectivity index (χ3v) is 3.61. The maximum atomic E-state index is 13.0. The van der Waals surface area contributed by atoms with Crippen molar-refractivity contribution in [1.82, 2.24) is 0 Å². The lowest BCUT2D eigenvalue weighted by Gasteiger charge is -2.33. The van der Waals surface area contributed by atoms with Crippen LogP contribution >= 0.6 is 0 Å². The largest absolute Gasteiger partial charge is 0.430 e. The standard InChI is InChI=1S/C15H12F6O/c1-2-9-7-8-12(11-6-4-3-5-10(9)11)13(22,14(16,17)18)15(19,20)21/h3-8,22H,2H2,1H3. The quantitative estimate of drug-likeness (QED) is 0.794. The molecule has 0 aromatic heterocycles. The lowest BCUT2D eigenvalue weighted by molar-refractivity contribution is -0.375. The Morgan fingerprint density at radius 1 is 0.818 bits per heavy atom. The van der Waals surface area contributed by atoms with Crippen LogP contribution in [0.5, 0.6) is 0 Å². The van der Waals surface area contributed by atoms with Crippen molar-refractivity contribution in [3.8, 4) is 0 Å². The van der Waals surface area contributed by atoms with Crippen molar-refractivity contribution in [2.24, 2.45) is 0 Å². The van der Waals surface area contributed by atoms with Crippen LogP contribution in [0.25, 0.3) is 10.8 Å². The van der Waals surface area contributed by atoms with E-state index in [1.165, 1.54) is 24.3 Å². The number of alkyl halides is 6. The number of hydrogen-bond acceptors (Lipinski definition) is 1. The number of halogens is 6. The first-order chi connectivity index (χ1) is 10.0. The van der Waals surface area contributed by atoms with E-state index in [1.54, 1.807) is 6.92 Å². The molecule has 0 aliphatic carbocycles. The first-order valence-electron chi connectivity index (χ1n) is 6.41. The van der Waals surface area contributed by atoms with Crippen molar-refractivity contribution in [3.63, 3.8) is 0 Å². The Balaban J connectivity index is 2.88. The van der Waals surface area contributed by atoms with E-state index < -0.39 is 23.5 Å². The number of fused-ring (bicyclic) bond motifs is 1. The van der Waals surface area contributed by atoms with Crippen LogP contribution < -0.4 is 0 Å². The molecule has 0 radical (unpaired) electrons. The monoisotopic (exact) mass is 322 g/mol. The van der Waals surface area contributed by atoms with Gasteiger partial charge in [0.2, 0.25) is 0 Å². The van der Waals surface area contributed by atoms with Gasteiger partial charge in [-0.3, -0.25) is 0 Å². The van der Waals surface area contributed by atoms with Crippen LogP contribution in [0.15, 0.2) is 36.4 Å². The molecule has 0 saturated heterocycles. The third-order valence-electron chi connectivity index (χ3n) is 3.61. The summed E-state index contributed by atoms with van der Waals surface area (Å²) in [6.07, 6.45) is -11.3. The summed E-state index contributed by atoms with van der Waals surface area (Å²) in [6.45, 7) is 1.74. The summed E-state index contributed by atoms with van der Waals surface area (Å²) < 4.78 is 78.2. The van der Waals surface area contributed by atoms with Gasteiger partial charge in [0, 0.05) is 5.56 Å². The van der Waals surface area contributed by atoms with E-state index in [-0.39, 0.29) is 10.8 Å². The Morgan fingerprint density at radius 2 is 1.32 bits per heavy atom. The van der Waals surface area contributed by atoms with Crippen LogP contribution in [0.2, 0.25) is 0 Å². The minimum Gasteiger partial charge on any atom is -0.369 e. The van der Waals surface area contributed by atoms with Gasteiger partial charge in [0.15, 0.2) is 0 Å². The minimum absolute atomic E-state index is 0.259. The van der Waals surface area contributed by atoms with E-state index in [2.05, 4.69) is 0 Å². The molecule has 120 valence electrons. The molecule has 0 amide bonds. The van der Waals surface area contributed by atoms with Gasteiger partial charge in [-0.2, -0.15) is 26.3 Å². The molecule has 0 bridgehead atoms. The second-order valence-corrected chi connectivity index (χ2v) is 4.88. The van der Waals surface area contributed by atoms with Crippen molar-refractivity contribution in [3.05, 3.63) is 47.5 Å². The van der Waals surface area contributed by atoms with Gasteiger partial charge in [-0.1, -0.05) is 43.3 Å². The highest BCUT2D eigenvalue weighted by molar-refractivity contribution is 5.89. The van der Waals surface area contributed by atoms with Gasteiger partial charge >= 0.3 is 12.4 Å². The lowest BCUT2D eigenvalue weighted by atomic mass is 9.86. The summed E-state index contributed by atoms with van der Waals surface area (Å²) in [6, 6.07) is 7.31. The Morgan fingerprint density at radius 3 is 1.77 bits per heavy atom. The number of rotatable bonds is 2. The van der Waals surface area contributed by atoms with Gasteiger partial charge in [0.05, 0.1) is 0 Å². The van der Waals surface area contributed by atoms with Crippen LogP contribution in [0.4, 0.5) is 26.3 Å². The summed E-state index contributed by atoms with van der Waals surface area (Å²) in [5.41, 5.74) is -5.52. The molecule has 0 unspecified atom stereocenters. The molecule has 2 aromatic rings. The van der Waals surface area contributed by atoms with Crippen LogP contribution in [-0.2, 0) is 12.0 Å². The van der Waals surface area contributed by atoms with Crippen molar-refractivity contribution in [2.45, 2.75) is 31.3 Å². The van der Waals surface area contributed by atoms with Gasteiger partial charge in [-0.25, -0.2) is 0 Å². The predicted molar refractivity (Wildman–Crippen MR) is 69.3 cm³/mol. The minimum atomic E-state index is -5.89. The molecule has 7 heteroatoms. The molecule has 2 rings (SSSR count). The molecular weight excluding hydrogens is 310 g/mol. The van der Waals surface area contributed by atoms with Gasteiger partial charge < -0.3 is 5.11 Å². The Bertz CT molecular complexity index is 672. The first-order valence-corrected chi connectivity index (χ1v) is 6.41. The van der Waals surface area contributed by atoms with Crippen molar-refractivity contribution in [2.75, 3.05) is 0 Å². The smallest absolute Gasteiger partial charge is 0.369 e. The molecular formula is C15H12F6O. The molecule has 0 saturated carbocycles. The zero-order chi connectivity index (χ0) is 16.8. The zero-order valence-electron chi connectivity index (χ0n) is 11.4. The molecule has 22 heavy (non-hydrogen) atoms. The average Bonchev–Trinajstić information content (AvgIpc) is 2.43. The van der Waals surface area contributed by atoms with Gasteiger partial charge in [0.25, 0.3) is 5.60 Å². The van der Waals surface area contributed by atoms with Crippen LogP contribution in [0.1, 0.15) is 18.1 Å². The summed E-state index contributed by atoms with van der Waals surface area (Å²) in [7, 11) is 0. The molecule has 0 spiro atoms. The van der Waals surface area contributed by atoms with Crippen molar-refractivity contribution >= 4 is 10.8 Å². The maximum Gasteiger partial charge on any atom is 0.430 e. The molecule has 0 fully saturated rings. The van der Waals surface area contributed by atoms with E-state index in [4.69, 9.17) is 0 Å². The van der Waals surface area contributed by atoms with E-state index >= 15 is 0 Å². The van der Waals surface area contributed by atoms with Gasteiger partial charge in [-0.15, -0.1) is 0 Å². The summed E-state index contributed by atoms with van der Waals surface area (Å²) in [5, 5.41) is 9.56. The van der Waals surface area contributed by atoms with Crippen molar-refractivity contribution in [1.29, 1.82) is 0 Å². The number of aliphatic hydroxyl groups is 1. The van der Waals surface area contributed by atoms with Crippen molar-refractivity contribution < 1.29 is 31.4 Å². The zero-order valence-corrected chi connectivity index (χ0v) is 11.4. The second-order valence-electron chi connectivity index (χ2n) is 4.88. The topological polar surface area (TPSA) is 20.2 Å². The number of benzene rings is 2. The third kappa shape index (κ3) is 2.33. The molecule has 0 aliphatic heterocycles. The number of aryl methyl sites for hydroxylation is 1. The van der Waals surface area contributed by atoms with Gasteiger partial charge in [-0.05, 0) is 22.8 Å². The molecule has 0 atom stereocenters. The van der Waals surface area contributed by atoms with E-state index in [1.807, 2.05) is 0 Å². The SMILES string of the molecule is CCc1ccc(C(O)(C(F)(F)F)C(F)(F)F)c2ccccc12. The number of hydrogen-bond donors (Lipinski definition) is 1. The Labute approximate surface area is 122 Å². The highest BCUT2D eigenvalue weighted by Crippen LogP contribution is 2.51. The highest BCUT2D eigenvalue weighted by atomic mass is 19.4. The fourth-order valence-corrected chi connectivity index (χ4v) is 2.45. The predicted octanol–water partition coefficient (Wildman–Crippen LogP) is 4.71. The van der Waals surface area contributed by atoms with E-state index in [0.29, 0.717) is 18.1 Å². The fraction of sp³-hybridized carbons (Fsp3) is 0.333. The molecule has 0 aliphatic rings. The normalized spacial score (nSPS) is 13.6. The summed E-state index contributed by atoms with van der Waals surface area (Å²) in [4.78, 5) is 0. The summed E-state index contributed by atoms with van der Waals surface area (Å²) >= 11 is 0. The highest BCUT2D eigenvalue weighted by Gasteiger charge is 2.71. The van der Waals surface area contributed by atoms with Crippen LogP contribution in [0.3, 0.4) is 0 Å². The summed E-state index contributed by atoms with van der Waals surface area (Å²) in [5.74, 6) is 0. The molecule has 1 nitrogen and oxygen atoms in total. The van der Waals surface area contributed by atoms with Crippen LogP contribution in [-0.4, -0.2) is 17.5 Å². The van der Waals surface area contributed by atoms with E-state index in [0.717, 1.165) is 6.07 Å². The fourth-order valence-electron chi connectivity index (χ4n) is 2.45. The average molecular weight is 322 g/mol. The van der Waals surface area contributed by atoms with Crippen LogP contribution in [0, 0.1) is 0 Å². The van der Waals surface area contributed by atoms with Gasteiger partial charge in [0.1, 0.15) is 0 Å². The first kappa shape index (κ1) is 16.6. The second kappa shape index (κ2) is 5.15. The molecule has 0 heterocycles. The Kier molecular flexibility index (Phi) is 3.89. The molecule has 1 N–H and O–H groups in total.